The molecule has 1 unspecified atom stereocenters. The fourth-order valence-corrected chi connectivity index (χ4v) is 3.44. The molecule has 0 radical (unpaired) electrons. The average molecular weight is 443 g/mol. The molecule has 174 valence electrons. The van der Waals surface area contributed by atoms with E-state index in [4.69, 9.17) is 10.6 Å². The standard InChI is InChI=1S/C24H34N4O4/c25-28-20(17-26-21-14-10-15-22(29)27-24(21)31)13-8-3-1-2-4-9-16-23(30)32-18-19-11-6-5-7-12-19/h5-7,11-12,17,21H,1-4,8-10,13-16,18,25H2,(H,27,29,31). The molecule has 2 rings (SSSR count). The lowest BCUT2D eigenvalue weighted by Gasteiger charge is -2.07. The van der Waals surface area contributed by atoms with Gasteiger partial charge in [-0.2, -0.15) is 5.10 Å². The Bertz CT molecular complexity index is 792. The van der Waals surface area contributed by atoms with E-state index < -0.39 is 6.04 Å². The number of imide groups is 1. The van der Waals surface area contributed by atoms with Crippen molar-refractivity contribution in [2.24, 2.45) is 15.9 Å². The maximum absolute atomic E-state index is 11.9. The number of esters is 1. The predicted octanol–water partition coefficient (Wildman–Crippen LogP) is 3.43. The maximum Gasteiger partial charge on any atom is 0.306 e. The van der Waals surface area contributed by atoms with Crippen LogP contribution >= 0.6 is 0 Å². The van der Waals surface area contributed by atoms with E-state index in [2.05, 4.69) is 15.4 Å². The van der Waals surface area contributed by atoms with E-state index >= 15 is 0 Å². The van der Waals surface area contributed by atoms with Crippen LogP contribution in [0, 0.1) is 0 Å². The molecule has 1 aromatic carbocycles. The second-order valence-electron chi connectivity index (χ2n) is 7.99. The van der Waals surface area contributed by atoms with Crippen molar-refractivity contribution in [2.75, 3.05) is 0 Å². The van der Waals surface area contributed by atoms with Gasteiger partial charge in [-0.3, -0.25) is 24.7 Å². The van der Waals surface area contributed by atoms with Crippen molar-refractivity contribution in [3.8, 4) is 0 Å². The summed E-state index contributed by atoms with van der Waals surface area (Å²) in [5.41, 5.74) is 1.65. The van der Waals surface area contributed by atoms with Gasteiger partial charge in [-0.05, 0) is 37.7 Å². The minimum atomic E-state index is -0.558. The SMILES string of the molecule is NN=C(C=NC1CCCC(=O)NC1=O)CCCCCCCCC(=O)OCc1ccccc1. The molecule has 1 fully saturated rings. The van der Waals surface area contributed by atoms with Crippen LogP contribution in [0.1, 0.15) is 76.2 Å². The van der Waals surface area contributed by atoms with Gasteiger partial charge < -0.3 is 10.6 Å². The molecular weight excluding hydrogens is 408 g/mol. The number of nitrogens with zero attached hydrogens (tertiary/aromatic N) is 2. The second-order valence-corrected chi connectivity index (χ2v) is 7.99. The van der Waals surface area contributed by atoms with E-state index in [0.717, 1.165) is 44.1 Å². The van der Waals surface area contributed by atoms with Gasteiger partial charge in [-0.1, -0.05) is 56.0 Å². The molecule has 0 aromatic heterocycles. The minimum absolute atomic E-state index is 0.149. The minimum Gasteiger partial charge on any atom is -0.461 e. The highest BCUT2D eigenvalue weighted by Crippen LogP contribution is 2.12. The number of rotatable bonds is 13. The van der Waals surface area contributed by atoms with Crippen LogP contribution in [0.15, 0.2) is 40.4 Å². The van der Waals surface area contributed by atoms with Crippen LogP contribution in [0.2, 0.25) is 0 Å². The first kappa shape index (κ1) is 25.2. The number of amides is 2. The van der Waals surface area contributed by atoms with Crippen LogP contribution < -0.4 is 11.2 Å². The first-order valence-corrected chi connectivity index (χ1v) is 11.4. The lowest BCUT2D eigenvalue weighted by atomic mass is 10.1. The zero-order valence-corrected chi connectivity index (χ0v) is 18.6. The number of nitrogens with two attached hydrogens (primary N) is 1. The van der Waals surface area contributed by atoms with Crippen LogP contribution in [0.3, 0.4) is 0 Å². The number of carbonyl (C=O) groups excluding carboxylic acids is 3. The van der Waals surface area contributed by atoms with Gasteiger partial charge in [0.2, 0.25) is 5.91 Å². The molecule has 1 heterocycles. The molecule has 1 aliphatic rings. The van der Waals surface area contributed by atoms with Crippen LogP contribution in [-0.2, 0) is 25.7 Å². The third-order valence-electron chi connectivity index (χ3n) is 5.32. The monoisotopic (exact) mass is 442 g/mol. The maximum atomic E-state index is 11.9. The largest absolute Gasteiger partial charge is 0.461 e. The molecule has 3 N–H and O–H groups in total. The Morgan fingerprint density at radius 3 is 2.47 bits per heavy atom. The first-order valence-electron chi connectivity index (χ1n) is 11.4. The van der Waals surface area contributed by atoms with E-state index in [9.17, 15) is 14.4 Å². The molecule has 8 heteroatoms. The van der Waals surface area contributed by atoms with E-state index in [1.807, 2.05) is 30.3 Å². The highest BCUT2D eigenvalue weighted by Gasteiger charge is 2.23. The zero-order chi connectivity index (χ0) is 23.0. The number of hydrazone groups is 1. The molecule has 8 nitrogen and oxygen atoms in total. The van der Waals surface area contributed by atoms with Gasteiger partial charge in [0.25, 0.3) is 5.91 Å². The average Bonchev–Trinajstić information content (AvgIpc) is 2.96. The van der Waals surface area contributed by atoms with E-state index in [1.165, 1.54) is 0 Å². The molecule has 0 bridgehead atoms. The second kappa shape index (κ2) is 14.9. The summed E-state index contributed by atoms with van der Waals surface area (Å²) in [5, 5.41) is 6.10. The van der Waals surface area contributed by atoms with Crippen LogP contribution in [0.4, 0.5) is 0 Å². The number of aliphatic imine (C=N–C) groups is 1. The summed E-state index contributed by atoms with van der Waals surface area (Å²) in [7, 11) is 0. The number of unbranched alkanes of at least 4 members (excludes halogenated alkanes) is 5. The lowest BCUT2D eigenvalue weighted by Crippen LogP contribution is -2.35. The summed E-state index contributed by atoms with van der Waals surface area (Å²) in [5.74, 6) is 4.69. The smallest absolute Gasteiger partial charge is 0.306 e. The Balaban J connectivity index is 1.51. The molecular formula is C24H34N4O4. The highest BCUT2D eigenvalue weighted by atomic mass is 16.5. The fraction of sp³-hybridized carbons (Fsp3) is 0.542. The summed E-state index contributed by atoms with van der Waals surface area (Å²) in [4.78, 5) is 39.3. The predicted molar refractivity (Wildman–Crippen MR) is 124 cm³/mol. The number of nitrogens with one attached hydrogen (secondary N) is 1. The lowest BCUT2D eigenvalue weighted by molar-refractivity contribution is -0.145. The van der Waals surface area contributed by atoms with Crippen molar-refractivity contribution in [3.63, 3.8) is 0 Å². The Kier molecular flexibility index (Phi) is 11.7. The van der Waals surface area contributed by atoms with Crippen molar-refractivity contribution < 1.29 is 19.1 Å². The van der Waals surface area contributed by atoms with E-state index in [0.29, 0.717) is 44.4 Å². The van der Waals surface area contributed by atoms with E-state index in [1.54, 1.807) is 6.21 Å². The van der Waals surface area contributed by atoms with Crippen molar-refractivity contribution in [1.29, 1.82) is 0 Å². The van der Waals surface area contributed by atoms with Crippen molar-refractivity contribution in [3.05, 3.63) is 35.9 Å². The summed E-state index contributed by atoms with van der Waals surface area (Å²) in [6, 6.07) is 9.12. The van der Waals surface area contributed by atoms with Crippen molar-refractivity contribution in [2.45, 2.75) is 83.3 Å². The number of hydrogen-bond donors (Lipinski definition) is 2. The quantitative estimate of drug-likeness (QED) is 0.121. The molecule has 1 saturated heterocycles. The van der Waals surface area contributed by atoms with Gasteiger partial charge in [0.1, 0.15) is 12.6 Å². The topological polar surface area (TPSA) is 123 Å². The summed E-state index contributed by atoms with van der Waals surface area (Å²) in [6.07, 6.45) is 10.2. The Hall–Kier alpha value is -3.03. The van der Waals surface area contributed by atoms with Gasteiger partial charge in [0, 0.05) is 19.1 Å². The van der Waals surface area contributed by atoms with Crippen molar-refractivity contribution in [1.82, 2.24) is 5.32 Å². The van der Waals surface area contributed by atoms with Gasteiger partial charge in [0.15, 0.2) is 0 Å². The van der Waals surface area contributed by atoms with Gasteiger partial charge in [-0.15, -0.1) is 0 Å². The summed E-state index contributed by atoms with van der Waals surface area (Å²) in [6.45, 7) is 0.331. The molecule has 0 spiro atoms. The number of benzene rings is 1. The summed E-state index contributed by atoms with van der Waals surface area (Å²) >= 11 is 0. The zero-order valence-electron chi connectivity index (χ0n) is 18.6. The summed E-state index contributed by atoms with van der Waals surface area (Å²) < 4.78 is 5.28. The number of hydrogen-bond acceptors (Lipinski definition) is 7. The number of carbonyl (C=O) groups is 3. The number of ether oxygens (including phenoxy) is 1. The van der Waals surface area contributed by atoms with Gasteiger partial charge >= 0.3 is 5.97 Å². The van der Waals surface area contributed by atoms with Gasteiger partial charge in [-0.25, -0.2) is 0 Å². The molecule has 0 aliphatic carbocycles. The molecule has 32 heavy (non-hydrogen) atoms. The fourth-order valence-electron chi connectivity index (χ4n) is 3.44. The first-order chi connectivity index (χ1) is 15.6. The highest BCUT2D eigenvalue weighted by molar-refractivity contribution is 6.30. The Morgan fingerprint density at radius 2 is 1.75 bits per heavy atom. The van der Waals surface area contributed by atoms with Crippen molar-refractivity contribution >= 4 is 29.7 Å². The molecule has 1 aliphatic heterocycles. The third kappa shape index (κ3) is 10.3. The Labute approximate surface area is 189 Å². The Morgan fingerprint density at radius 1 is 1.06 bits per heavy atom. The third-order valence-corrected chi connectivity index (χ3v) is 5.32. The molecule has 1 atom stereocenters. The van der Waals surface area contributed by atoms with Crippen LogP contribution in [0.5, 0.6) is 0 Å². The van der Waals surface area contributed by atoms with Crippen LogP contribution in [0.25, 0.3) is 0 Å². The van der Waals surface area contributed by atoms with Gasteiger partial charge in [0.05, 0.1) is 5.71 Å². The van der Waals surface area contributed by atoms with Crippen LogP contribution in [-0.4, -0.2) is 35.8 Å². The normalized spacial score (nSPS) is 17.2. The van der Waals surface area contributed by atoms with E-state index in [-0.39, 0.29) is 17.8 Å². The molecule has 2 amide bonds. The molecule has 1 aromatic rings. The molecule has 0 saturated carbocycles.